The molecule has 2 aliphatic heterocycles. The van der Waals surface area contributed by atoms with Crippen LogP contribution in [0.25, 0.3) is 0 Å². The number of carbonyl (C=O) groups excluding carboxylic acids is 3. The van der Waals surface area contributed by atoms with Crippen molar-refractivity contribution in [2.75, 3.05) is 19.6 Å². The molecule has 33 heavy (non-hydrogen) atoms. The highest BCUT2D eigenvalue weighted by Crippen LogP contribution is 2.25. The molecular weight excluding hydrogens is 425 g/mol. The Labute approximate surface area is 189 Å². The largest absolute Gasteiger partial charge is 0.337 e. The number of halogens is 1. The van der Waals surface area contributed by atoms with Crippen molar-refractivity contribution in [2.45, 2.75) is 25.4 Å². The first-order valence-electron chi connectivity index (χ1n) is 10.9. The number of rotatable bonds is 6. The lowest BCUT2D eigenvalue weighted by Gasteiger charge is -2.39. The summed E-state index contributed by atoms with van der Waals surface area (Å²) in [6.07, 6.45) is 3.28. The van der Waals surface area contributed by atoms with Crippen molar-refractivity contribution < 1.29 is 18.8 Å². The van der Waals surface area contributed by atoms with E-state index >= 15 is 0 Å². The molecule has 0 saturated carbocycles. The van der Waals surface area contributed by atoms with E-state index in [1.807, 2.05) is 6.20 Å². The van der Waals surface area contributed by atoms with Gasteiger partial charge in [-0.15, -0.1) is 5.10 Å². The topological polar surface area (TPSA) is 88.4 Å². The molecule has 2 aromatic carbocycles. The van der Waals surface area contributed by atoms with Crippen molar-refractivity contribution in [1.29, 1.82) is 0 Å². The van der Waals surface area contributed by atoms with Crippen LogP contribution in [0.2, 0.25) is 0 Å². The van der Waals surface area contributed by atoms with E-state index in [1.54, 1.807) is 38.7 Å². The van der Waals surface area contributed by atoms with Crippen LogP contribution in [0.1, 0.15) is 50.9 Å². The first-order chi connectivity index (χ1) is 16.0. The molecular formula is C24H22FN5O3. The van der Waals surface area contributed by atoms with Gasteiger partial charge in [-0.3, -0.25) is 14.4 Å². The van der Waals surface area contributed by atoms with Gasteiger partial charge in [0.2, 0.25) is 5.91 Å². The summed E-state index contributed by atoms with van der Waals surface area (Å²) in [6, 6.07) is 11.9. The maximum absolute atomic E-state index is 13.2. The number of nitrogens with zero attached hydrogens (tertiary/aromatic N) is 5. The van der Waals surface area contributed by atoms with Gasteiger partial charge in [0.1, 0.15) is 11.5 Å². The van der Waals surface area contributed by atoms with Crippen LogP contribution in [-0.4, -0.2) is 62.0 Å². The Morgan fingerprint density at radius 2 is 1.76 bits per heavy atom. The average Bonchev–Trinajstić information content (AvgIpc) is 3.42. The number of benzene rings is 2. The van der Waals surface area contributed by atoms with Crippen LogP contribution in [0.5, 0.6) is 0 Å². The minimum Gasteiger partial charge on any atom is -0.337 e. The number of hydrogen-bond acceptors (Lipinski definition) is 5. The van der Waals surface area contributed by atoms with Crippen LogP contribution in [0, 0.1) is 5.82 Å². The Morgan fingerprint density at radius 3 is 2.45 bits per heavy atom. The molecule has 8 nitrogen and oxygen atoms in total. The predicted octanol–water partition coefficient (Wildman–Crippen LogP) is 2.47. The maximum Gasteiger partial charge on any atom is 0.254 e. The second-order valence-corrected chi connectivity index (χ2v) is 8.35. The van der Waals surface area contributed by atoms with E-state index in [0.717, 1.165) is 18.7 Å². The fourth-order valence-electron chi connectivity index (χ4n) is 4.21. The van der Waals surface area contributed by atoms with Crippen molar-refractivity contribution in [3.8, 4) is 0 Å². The van der Waals surface area contributed by atoms with E-state index in [2.05, 4.69) is 10.3 Å². The highest BCUT2D eigenvalue weighted by atomic mass is 19.1. The standard InChI is InChI=1S/C24H22FN5O3/c25-17-9-7-16(8-10-17)23(32)20-4-1-2-5-21(20)24(33)29-14-19(15-29)30-13-18(26-27-30)12-28-11-3-6-22(28)31/h1-2,4-5,7-10,13,19H,3,6,11-12,14-15H2. The molecule has 3 aromatic rings. The summed E-state index contributed by atoms with van der Waals surface area (Å²) in [6.45, 7) is 2.09. The van der Waals surface area contributed by atoms with Crippen LogP contribution in [-0.2, 0) is 11.3 Å². The van der Waals surface area contributed by atoms with E-state index in [9.17, 15) is 18.8 Å². The summed E-state index contributed by atoms with van der Waals surface area (Å²) >= 11 is 0. The second kappa shape index (κ2) is 8.57. The summed E-state index contributed by atoms with van der Waals surface area (Å²) in [4.78, 5) is 41.3. The van der Waals surface area contributed by atoms with Crippen LogP contribution < -0.4 is 0 Å². The van der Waals surface area contributed by atoms with E-state index in [-0.39, 0.29) is 29.2 Å². The molecule has 0 aliphatic carbocycles. The molecule has 2 saturated heterocycles. The lowest BCUT2D eigenvalue weighted by atomic mass is 9.96. The van der Waals surface area contributed by atoms with Crippen molar-refractivity contribution in [1.82, 2.24) is 24.8 Å². The molecule has 0 unspecified atom stereocenters. The molecule has 2 fully saturated rings. The first kappa shape index (κ1) is 21.0. The van der Waals surface area contributed by atoms with E-state index in [1.165, 1.54) is 24.3 Å². The van der Waals surface area contributed by atoms with Crippen molar-refractivity contribution in [3.05, 3.63) is 82.9 Å². The van der Waals surface area contributed by atoms with Gasteiger partial charge in [0.25, 0.3) is 5.91 Å². The third kappa shape index (κ3) is 4.13. The molecule has 9 heteroatoms. The smallest absolute Gasteiger partial charge is 0.254 e. The molecule has 1 aromatic heterocycles. The van der Waals surface area contributed by atoms with Crippen LogP contribution >= 0.6 is 0 Å². The number of amides is 2. The number of ketones is 1. The quantitative estimate of drug-likeness (QED) is 0.542. The minimum atomic E-state index is -0.425. The Bertz CT molecular complexity index is 1220. The molecule has 0 radical (unpaired) electrons. The zero-order chi connectivity index (χ0) is 22.9. The Morgan fingerprint density at radius 1 is 1.03 bits per heavy atom. The molecule has 2 aliphatic rings. The highest BCUT2D eigenvalue weighted by Gasteiger charge is 2.35. The Hall–Kier alpha value is -3.88. The van der Waals surface area contributed by atoms with Gasteiger partial charge in [-0.25, -0.2) is 9.07 Å². The average molecular weight is 447 g/mol. The summed E-state index contributed by atoms with van der Waals surface area (Å²) < 4.78 is 14.9. The van der Waals surface area contributed by atoms with Crippen molar-refractivity contribution in [2.24, 2.45) is 0 Å². The SMILES string of the molecule is O=C(c1ccc(F)cc1)c1ccccc1C(=O)N1CC(n2cc(CN3CCCC3=O)nn2)C1. The van der Waals surface area contributed by atoms with Crippen LogP contribution in [0.15, 0.2) is 54.7 Å². The molecule has 2 amide bonds. The summed E-state index contributed by atoms with van der Waals surface area (Å²) in [5.41, 5.74) is 1.66. The van der Waals surface area contributed by atoms with E-state index in [4.69, 9.17) is 0 Å². The lowest BCUT2D eigenvalue weighted by molar-refractivity contribution is -0.128. The zero-order valence-electron chi connectivity index (χ0n) is 17.9. The monoisotopic (exact) mass is 447 g/mol. The summed E-state index contributed by atoms with van der Waals surface area (Å²) in [5.74, 6) is -0.849. The Balaban J connectivity index is 1.25. The van der Waals surface area contributed by atoms with Gasteiger partial charge in [-0.2, -0.15) is 0 Å². The third-order valence-electron chi connectivity index (χ3n) is 6.11. The van der Waals surface area contributed by atoms with Crippen molar-refractivity contribution >= 4 is 17.6 Å². The van der Waals surface area contributed by atoms with E-state index in [0.29, 0.717) is 37.2 Å². The number of likely N-dealkylation sites (tertiary alicyclic amines) is 2. The van der Waals surface area contributed by atoms with Gasteiger partial charge in [0.05, 0.1) is 24.3 Å². The van der Waals surface area contributed by atoms with Gasteiger partial charge in [-0.05, 0) is 36.8 Å². The first-order valence-corrected chi connectivity index (χ1v) is 10.9. The minimum absolute atomic E-state index is 0.00978. The van der Waals surface area contributed by atoms with Gasteiger partial charge in [-0.1, -0.05) is 23.4 Å². The third-order valence-corrected chi connectivity index (χ3v) is 6.11. The molecule has 168 valence electrons. The fraction of sp³-hybridized carbons (Fsp3) is 0.292. The Kier molecular flexibility index (Phi) is 5.45. The molecule has 0 spiro atoms. The fourth-order valence-corrected chi connectivity index (χ4v) is 4.21. The lowest BCUT2D eigenvalue weighted by Crippen LogP contribution is -2.51. The number of carbonyl (C=O) groups is 3. The maximum atomic E-state index is 13.2. The molecule has 0 bridgehead atoms. The van der Waals surface area contributed by atoms with Gasteiger partial charge in [0.15, 0.2) is 5.78 Å². The van der Waals surface area contributed by atoms with Gasteiger partial charge < -0.3 is 9.80 Å². The molecule has 5 rings (SSSR count). The highest BCUT2D eigenvalue weighted by molar-refractivity contribution is 6.15. The number of aromatic nitrogens is 3. The van der Waals surface area contributed by atoms with Crippen molar-refractivity contribution in [3.63, 3.8) is 0 Å². The molecule has 0 atom stereocenters. The van der Waals surface area contributed by atoms with E-state index < -0.39 is 5.82 Å². The van der Waals surface area contributed by atoms with Gasteiger partial charge in [0, 0.05) is 37.2 Å². The summed E-state index contributed by atoms with van der Waals surface area (Å²) in [7, 11) is 0. The van der Waals surface area contributed by atoms with Gasteiger partial charge >= 0.3 is 0 Å². The molecule has 0 N–H and O–H groups in total. The van der Waals surface area contributed by atoms with Crippen LogP contribution in [0.4, 0.5) is 4.39 Å². The normalized spacial score (nSPS) is 16.2. The van der Waals surface area contributed by atoms with Crippen LogP contribution in [0.3, 0.4) is 0 Å². The summed E-state index contributed by atoms with van der Waals surface area (Å²) in [5, 5.41) is 8.34. The second-order valence-electron chi connectivity index (χ2n) is 8.35. The zero-order valence-corrected chi connectivity index (χ0v) is 17.9. The molecule has 3 heterocycles. The number of hydrogen-bond donors (Lipinski definition) is 0. The predicted molar refractivity (Wildman–Crippen MR) is 116 cm³/mol.